The summed E-state index contributed by atoms with van der Waals surface area (Å²) in [5.41, 5.74) is 3.46. The van der Waals surface area contributed by atoms with E-state index in [2.05, 4.69) is 56.3 Å². The van der Waals surface area contributed by atoms with E-state index in [1.165, 1.54) is 11.1 Å². The summed E-state index contributed by atoms with van der Waals surface area (Å²) in [6, 6.07) is 26.8. The summed E-state index contributed by atoms with van der Waals surface area (Å²) in [7, 11) is 0. The van der Waals surface area contributed by atoms with Crippen LogP contribution in [-0.4, -0.2) is 20.9 Å². The largest absolute Gasteiger partial charge is 0.489 e. The quantitative estimate of drug-likeness (QED) is 0.430. The molecular formula is C30H34O3S. The second-order valence-corrected chi connectivity index (χ2v) is 12.1. The zero-order valence-corrected chi connectivity index (χ0v) is 21.1. The lowest BCUT2D eigenvalue weighted by Crippen LogP contribution is -2.52. The molecule has 0 bridgehead atoms. The first-order chi connectivity index (χ1) is 16.3. The normalized spacial score (nSPS) is 25.0. The smallest absolute Gasteiger partial charge is 0.133 e. The van der Waals surface area contributed by atoms with Gasteiger partial charge >= 0.3 is 0 Å². The minimum absolute atomic E-state index is 0.00709. The summed E-state index contributed by atoms with van der Waals surface area (Å²) < 4.78 is 13.0. The van der Waals surface area contributed by atoms with Gasteiger partial charge in [0.05, 0.1) is 6.10 Å². The molecule has 34 heavy (non-hydrogen) atoms. The Morgan fingerprint density at radius 2 is 1.65 bits per heavy atom. The van der Waals surface area contributed by atoms with Gasteiger partial charge in [-0.05, 0) is 48.1 Å². The minimum atomic E-state index is -0.979. The first-order valence-corrected chi connectivity index (χ1v) is 13.1. The molecule has 0 spiro atoms. The zero-order chi connectivity index (χ0) is 23.8. The predicted octanol–water partition coefficient (Wildman–Crippen LogP) is 6.73. The van der Waals surface area contributed by atoms with Crippen molar-refractivity contribution in [2.24, 2.45) is 5.92 Å². The molecule has 3 nitrogen and oxygen atoms in total. The highest BCUT2D eigenvalue weighted by Crippen LogP contribution is 2.56. The lowest BCUT2D eigenvalue weighted by Gasteiger charge is -2.52. The van der Waals surface area contributed by atoms with E-state index in [9.17, 15) is 5.11 Å². The molecule has 0 radical (unpaired) electrons. The van der Waals surface area contributed by atoms with E-state index in [-0.39, 0.29) is 16.3 Å². The van der Waals surface area contributed by atoms with Gasteiger partial charge in [0.1, 0.15) is 23.4 Å². The molecular weight excluding hydrogens is 440 g/mol. The fourth-order valence-corrected chi connectivity index (χ4v) is 6.91. The Balaban J connectivity index is 1.41. The molecule has 1 N–H and O–H groups in total. The molecule has 178 valence electrons. The van der Waals surface area contributed by atoms with E-state index in [0.29, 0.717) is 18.9 Å². The van der Waals surface area contributed by atoms with E-state index < -0.39 is 5.60 Å². The van der Waals surface area contributed by atoms with Gasteiger partial charge in [-0.3, -0.25) is 0 Å². The number of hydrogen-bond acceptors (Lipinski definition) is 4. The number of hydrogen-bond donors (Lipinski definition) is 1. The number of benzene rings is 3. The van der Waals surface area contributed by atoms with Crippen molar-refractivity contribution in [1.82, 2.24) is 0 Å². The molecule has 1 aliphatic heterocycles. The zero-order valence-electron chi connectivity index (χ0n) is 20.2. The summed E-state index contributed by atoms with van der Waals surface area (Å²) in [5.74, 6) is 1.34. The van der Waals surface area contributed by atoms with Crippen molar-refractivity contribution < 1.29 is 14.6 Å². The third-order valence-electron chi connectivity index (χ3n) is 7.27. The number of aliphatic hydroxyl groups is 1. The van der Waals surface area contributed by atoms with Crippen LogP contribution in [0.1, 0.15) is 55.5 Å². The monoisotopic (exact) mass is 474 g/mol. The van der Waals surface area contributed by atoms with Crippen LogP contribution in [0, 0.1) is 5.92 Å². The molecule has 0 saturated carbocycles. The molecule has 1 heterocycles. The molecule has 1 fully saturated rings. The van der Waals surface area contributed by atoms with E-state index >= 15 is 0 Å². The third-order valence-corrected chi connectivity index (χ3v) is 9.01. The molecule has 0 amide bonds. The van der Waals surface area contributed by atoms with Gasteiger partial charge < -0.3 is 14.6 Å². The van der Waals surface area contributed by atoms with Gasteiger partial charge in [-0.1, -0.05) is 86.6 Å². The van der Waals surface area contributed by atoms with Gasteiger partial charge in [0.15, 0.2) is 0 Å². The van der Waals surface area contributed by atoms with Crippen LogP contribution in [0.25, 0.3) is 0 Å². The van der Waals surface area contributed by atoms with Crippen LogP contribution >= 0.6 is 11.8 Å². The summed E-state index contributed by atoms with van der Waals surface area (Å²) in [6.45, 7) is 7.09. The van der Waals surface area contributed by atoms with Crippen LogP contribution in [-0.2, 0) is 24.2 Å². The SMILES string of the molecule is CC1(C)S[C@H]([C@@](C)(O)Cc2ccccc2)O[C@@H]2c3cccc(OCc4ccccc4)c3CC[C@@H]21. The van der Waals surface area contributed by atoms with Crippen LogP contribution in [0.3, 0.4) is 0 Å². The summed E-state index contributed by atoms with van der Waals surface area (Å²) in [6.07, 6.45) is 2.55. The van der Waals surface area contributed by atoms with Crippen molar-refractivity contribution in [2.75, 3.05) is 0 Å². The average Bonchev–Trinajstić information content (AvgIpc) is 2.83. The average molecular weight is 475 g/mol. The topological polar surface area (TPSA) is 38.7 Å². The maximum atomic E-state index is 11.6. The number of rotatable bonds is 6. The molecule has 4 heteroatoms. The van der Waals surface area contributed by atoms with E-state index in [4.69, 9.17) is 9.47 Å². The Hall–Kier alpha value is -2.27. The molecule has 0 unspecified atom stereocenters. The van der Waals surface area contributed by atoms with Crippen LogP contribution < -0.4 is 4.74 Å². The van der Waals surface area contributed by atoms with Crippen molar-refractivity contribution in [3.8, 4) is 5.75 Å². The lowest BCUT2D eigenvalue weighted by atomic mass is 9.75. The van der Waals surface area contributed by atoms with Gasteiger partial charge in [0, 0.05) is 17.1 Å². The Labute approximate surface area is 207 Å². The van der Waals surface area contributed by atoms with Gasteiger partial charge in [-0.25, -0.2) is 0 Å². The molecule has 3 aromatic carbocycles. The van der Waals surface area contributed by atoms with Crippen LogP contribution in [0.5, 0.6) is 5.75 Å². The second kappa shape index (κ2) is 9.41. The Kier molecular flexibility index (Phi) is 6.49. The molecule has 5 rings (SSSR count). The maximum absolute atomic E-state index is 11.6. The van der Waals surface area contributed by atoms with Crippen molar-refractivity contribution >= 4 is 11.8 Å². The highest BCUT2D eigenvalue weighted by Gasteiger charge is 2.51. The molecule has 1 saturated heterocycles. The minimum Gasteiger partial charge on any atom is -0.489 e. The Morgan fingerprint density at radius 1 is 0.971 bits per heavy atom. The van der Waals surface area contributed by atoms with E-state index in [1.54, 1.807) is 11.8 Å². The van der Waals surface area contributed by atoms with Gasteiger partial charge in [0.25, 0.3) is 0 Å². The Bertz CT molecular complexity index is 1110. The fraction of sp³-hybridized carbons (Fsp3) is 0.400. The van der Waals surface area contributed by atoms with Crippen molar-refractivity contribution in [3.05, 3.63) is 101 Å². The summed E-state index contributed by atoms with van der Waals surface area (Å²) >= 11 is 1.78. The molecule has 3 aromatic rings. The summed E-state index contributed by atoms with van der Waals surface area (Å²) in [4.78, 5) is 0. The van der Waals surface area contributed by atoms with Crippen LogP contribution in [0.2, 0.25) is 0 Å². The maximum Gasteiger partial charge on any atom is 0.133 e. The fourth-order valence-electron chi connectivity index (χ4n) is 5.43. The highest BCUT2D eigenvalue weighted by atomic mass is 32.2. The third kappa shape index (κ3) is 4.77. The highest BCUT2D eigenvalue weighted by molar-refractivity contribution is 8.01. The van der Waals surface area contributed by atoms with E-state index in [1.807, 2.05) is 43.3 Å². The van der Waals surface area contributed by atoms with E-state index in [0.717, 1.165) is 29.7 Å². The van der Waals surface area contributed by atoms with Crippen LogP contribution in [0.15, 0.2) is 78.9 Å². The Morgan fingerprint density at radius 3 is 2.35 bits per heavy atom. The lowest BCUT2D eigenvalue weighted by molar-refractivity contribution is -0.117. The van der Waals surface area contributed by atoms with Crippen molar-refractivity contribution in [3.63, 3.8) is 0 Å². The first kappa shape index (κ1) is 23.5. The molecule has 0 aromatic heterocycles. The summed E-state index contributed by atoms with van der Waals surface area (Å²) in [5, 5.41) is 11.6. The molecule has 2 aliphatic rings. The number of ether oxygens (including phenoxy) is 2. The van der Waals surface area contributed by atoms with Crippen molar-refractivity contribution in [2.45, 2.75) is 68.5 Å². The van der Waals surface area contributed by atoms with Crippen LogP contribution in [0.4, 0.5) is 0 Å². The second-order valence-electron chi connectivity index (χ2n) is 10.4. The van der Waals surface area contributed by atoms with Gasteiger partial charge in [-0.15, -0.1) is 11.8 Å². The molecule has 4 atom stereocenters. The van der Waals surface area contributed by atoms with Crippen molar-refractivity contribution in [1.29, 1.82) is 0 Å². The predicted molar refractivity (Wildman–Crippen MR) is 139 cm³/mol. The van der Waals surface area contributed by atoms with Gasteiger partial charge in [-0.2, -0.15) is 0 Å². The standard InChI is InChI=1S/C30H34O3S/c1-29(2)25-18-17-23-24(15-10-16-26(23)32-20-22-13-8-5-9-14-22)27(25)33-28(34-29)30(3,31)19-21-11-6-4-7-12-21/h4-16,25,27-28,31H,17-20H2,1-3H3/t25-,27+,28+,30-/m0/s1. The van der Waals surface area contributed by atoms with Gasteiger partial charge in [0.2, 0.25) is 0 Å². The first-order valence-electron chi connectivity index (χ1n) is 12.2. The number of thioether (sulfide) groups is 1. The number of fused-ring (bicyclic) bond motifs is 3. The molecule has 1 aliphatic carbocycles.